The van der Waals surface area contributed by atoms with Gasteiger partial charge in [0.15, 0.2) is 0 Å². The number of amides is 3. The van der Waals surface area contributed by atoms with E-state index in [9.17, 15) is 14.4 Å². The molecule has 0 saturated heterocycles. The van der Waals surface area contributed by atoms with E-state index in [1.165, 1.54) is 7.11 Å². The molecule has 1 aromatic rings. The average Bonchev–Trinajstić information content (AvgIpc) is 3.29. The summed E-state index contributed by atoms with van der Waals surface area (Å²) in [7, 11) is 1.48. The number of ether oxygens (including phenoxy) is 1. The summed E-state index contributed by atoms with van der Waals surface area (Å²) in [5, 5.41) is 5.46. The summed E-state index contributed by atoms with van der Waals surface area (Å²) in [6, 6.07) is 4.89. The summed E-state index contributed by atoms with van der Waals surface area (Å²) < 4.78 is 5.26. The molecular weight excluding hydrogens is 310 g/mol. The number of anilines is 2. The maximum Gasteiger partial charge on any atom is 0.240 e. The first-order chi connectivity index (χ1) is 11.3. The molecule has 1 aromatic carbocycles. The van der Waals surface area contributed by atoms with Gasteiger partial charge in [0, 0.05) is 18.2 Å². The number of methoxy groups -OCH3 is 1. The first-order valence-electron chi connectivity index (χ1n) is 7.88. The number of carbonyl (C=O) groups excluding carboxylic acids is 3. The van der Waals surface area contributed by atoms with E-state index < -0.39 is 17.2 Å². The third-order valence-corrected chi connectivity index (χ3v) is 3.98. The molecule has 0 unspecified atom stereocenters. The van der Waals surface area contributed by atoms with Crippen LogP contribution in [0.15, 0.2) is 18.2 Å². The molecule has 7 heteroatoms. The first-order valence-corrected chi connectivity index (χ1v) is 7.88. The van der Waals surface area contributed by atoms with E-state index in [-0.39, 0.29) is 11.8 Å². The molecule has 1 fully saturated rings. The van der Waals surface area contributed by atoms with Gasteiger partial charge in [-0.1, -0.05) is 13.8 Å². The van der Waals surface area contributed by atoms with Gasteiger partial charge in [-0.15, -0.1) is 0 Å². The molecular formula is C17H23N3O4. The fraction of sp³-hybridized carbons (Fsp3) is 0.471. The molecule has 130 valence electrons. The third-order valence-electron chi connectivity index (χ3n) is 3.98. The monoisotopic (exact) mass is 333 g/mol. The number of nitrogens with two attached hydrogens (primary N) is 1. The summed E-state index contributed by atoms with van der Waals surface area (Å²) in [6.45, 7) is 3.92. The van der Waals surface area contributed by atoms with E-state index in [1.807, 2.05) is 13.8 Å². The van der Waals surface area contributed by atoms with Gasteiger partial charge >= 0.3 is 0 Å². The highest BCUT2D eigenvalue weighted by Crippen LogP contribution is 2.46. The number of rotatable bonds is 7. The highest BCUT2D eigenvalue weighted by Gasteiger charge is 2.55. The van der Waals surface area contributed by atoms with Crippen molar-refractivity contribution in [2.24, 2.45) is 17.1 Å². The van der Waals surface area contributed by atoms with Crippen LogP contribution in [-0.2, 0) is 14.4 Å². The molecule has 0 atom stereocenters. The van der Waals surface area contributed by atoms with Crippen LogP contribution in [0.2, 0.25) is 0 Å². The second kappa shape index (κ2) is 6.90. The third kappa shape index (κ3) is 3.84. The number of primary amides is 1. The molecule has 0 aromatic heterocycles. The van der Waals surface area contributed by atoms with Crippen LogP contribution < -0.4 is 21.1 Å². The quantitative estimate of drug-likeness (QED) is 0.662. The van der Waals surface area contributed by atoms with Gasteiger partial charge in [-0.3, -0.25) is 14.4 Å². The minimum atomic E-state index is -1.09. The molecule has 1 aliphatic rings. The fourth-order valence-corrected chi connectivity index (χ4v) is 2.41. The van der Waals surface area contributed by atoms with Crippen LogP contribution in [0, 0.1) is 11.3 Å². The summed E-state index contributed by atoms with van der Waals surface area (Å²) in [5.41, 5.74) is 5.21. The Bertz CT molecular complexity index is 666. The fourth-order valence-electron chi connectivity index (χ4n) is 2.41. The Hall–Kier alpha value is -2.57. The average molecular weight is 333 g/mol. The summed E-state index contributed by atoms with van der Waals surface area (Å²) in [6.07, 6.45) is 1.34. The normalized spacial score (nSPS) is 14.8. The van der Waals surface area contributed by atoms with Crippen LogP contribution in [-0.4, -0.2) is 24.8 Å². The van der Waals surface area contributed by atoms with Gasteiger partial charge in [0.05, 0.1) is 12.8 Å². The molecule has 0 heterocycles. The van der Waals surface area contributed by atoms with E-state index in [1.54, 1.807) is 18.2 Å². The zero-order valence-electron chi connectivity index (χ0n) is 14.1. The molecule has 1 aliphatic carbocycles. The Morgan fingerprint density at radius 2 is 1.92 bits per heavy atom. The minimum Gasteiger partial charge on any atom is -0.494 e. The van der Waals surface area contributed by atoms with Crippen molar-refractivity contribution in [3.8, 4) is 5.75 Å². The Balaban J connectivity index is 2.10. The molecule has 0 spiro atoms. The van der Waals surface area contributed by atoms with Crippen molar-refractivity contribution in [3.63, 3.8) is 0 Å². The standard InChI is InChI=1S/C17H23N3O4/c1-10(2)8-14(21)20-12-5-4-11(9-13(12)24-3)19-16(23)17(6-7-17)15(18)22/h4-5,9-10H,6-8H2,1-3H3,(H2,18,22)(H,19,23)(H,20,21). The van der Waals surface area contributed by atoms with Crippen molar-refractivity contribution in [1.29, 1.82) is 0 Å². The SMILES string of the molecule is COc1cc(NC(=O)C2(C(N)=O)CC2)ccc1NC(=O)CC(C)C. The molecule has 0 radical (unpaired) electrons. The largest absolute Gasteiger partial charge is 0.494 e. The lowest BCUT2D eigenvalue weighted by atomic mass is 10.1. The predicted molar refractivity (Wildman–Crippen MR) is 90.6 cm³/mol. The van der Waals surface area contributed by atoms with E-state index in [2.05, 4.69) is 10.6 Å². The van der Waals surface area contributed by atoms with Gasteiger partial charge < -0.3 is 21.1 Å². The maximum atomic E-state index is 12.2. The first kappa shape index (κ1) is 17.8. The van der Waals surface area contributed by atoms with Crippen LogP contribution in [0.4, 0.5) is 11.4 Å². The second-order valence-electron chi connectivity index (χ2n) is 6.46. The van der Waals surface area contributed by atoms with Crippen LogP contribution in [0.3, 0.4) is 0 Å². The number of nitrogens with one attached hydrogen (secondary N) is 2. The zero-order chi connectivity index (χ0) is 17.9. The topological polar surface area (TPSA) is 111 Å². The molecule has 1 saturated carbocycles. The molecule has 2 rings (SSSR count). The van der Waals surface area contributed by atoms with E-state index >= 15 is 0 Å². The number of hydrogen-bond acceptors (Lipinski definition) is 4. The van der Waals surface area contributed by atoms with Crippen molar-refractivity contribution in [2.45, 2.75) is 33.1 Å². The lowest BCUT2D eigenvalue weighted by Gasteiger charge is -2.15. The van der Waals surface area contributed by atoms with Crippen molar-refractivity contribution in [3.05, 3.63) is 18.2 Å². The summed E-state index contributed by atoms with van der Waals surface area (Å²) >= 11 is 0. The Kier molecular flexibility index (Phi) is 5.11. The predicted octanol–water partition coefficient (Wildman–Crippen LogP) is 1.88. The smallest absolute Gasteiger partial charge is 0.240 e. The van der Waals surface area contributed by atoms with E-state index in [0.717, 1.165) is 0 Å². The number of carbonyl (C=O) groups is 3. The molecule has 24 heavy (non-hydrogen) atoms. The summed E-state index contributed by atoms with van der Waals surface area (Å²) in [5.74, 6) is -0.448. The maximum absolute atomic E-state index is 12.2. The highest BCUT2D eigenvalue weighted by atomic mass is 16.5. The van der Waals surface area contributed by atoms with Gasteiger partial charge in [-0.05, 0) is 30.9 Å². The second-order valence-corrected chi connectivity index (χ2v) is 6.46. The summed E-state index contributed by atoms with van der Waals surface area (Å²) in [4.78, 5) is 35.5. The minimum absolute atomic E-state index is 0.106. The van der Waals surface area contributed by atoms with Crippen LogP contribution in [0.1, 0.15) is 33.1 Å². The van der Waals surface area contributed by atoms with Gasteiger partial charge in [0.2, 0.25) is 17.7 Å². The Morgan fingerprint density at radius 3 is 2.42 bits per heavy atom. The van der Waals surface area contributed by atoms with Crippen molar-refractivity contribution in [2.75, 3.05) is 17.7 Å². The van der Waals surface area contributed by atoms with E-state index in [0.29, 0.717) is 36.4 Å². The lowest BCUT2D eigenvalue weighted by Crippen LogP contribution is -2.36. The van der Waals surface area contributed by atoms with Crippen molar-refractivity contribution >= 4 is 29.1 Å². The molecule has 4 N–H and O–H groups in total. The number of hydrogen-bond donors (Lipinski definition) is 3. The molecule has 7 nitrogen and oxygen atoms in total. The van der Waals surface area contributed by atoms with Gasteiger partial charge in [-0.2, -0.15) is 0 Å². The molecule has 0 aliphatic heterocycles. The lowest BCUT2D eigenvalue weighted by molar-refractivity contribution is -0.132. The Labute approximate surface area is 140 Å². The van der Waals surface area contributed by atoms with E-state index in [4.69, 9.17) is 10.5 Å². The molecule has 3 amide bonds. The highest BCUT2D eigenvalue weighted by molar-refractivity contribution is 6.12. The van der Waals surface area contributed by atoms with Crippen molar-refractivity contribution < 1.29 is 19.1 Å². The van der Waals surface area contributed by atoms with Gasteiger partial charge in [0.25, 0.3) is 0 Å². The van der Waals surface area contributed by atoms with Crippen LogP contribution >= 0.6 is 0 Å². The molecule has 0 bridgehead atoms. The van der Waals surface area contributed by atoms with Gasteiger partial charge in [0.1, 0.15) is 11.2 Å². The van der Waals surface area contributed by atoms with Crippen LogP contribution in [0.25, 0.3) is 0 Å². The van der Waals surface area contributed by atoms with Crippen LogP contribution in [0.5, 0.6) is 5.75 Å². The van der Waals surface area contributed by atoms with Gasteiger partial charge in [-0.25, -0.2) is 0 Å². The zero-order valence-corrected chi connectivity index (χ0v) is 14.1. The van der Waals surface area contributed by atoms with Crippen molar-refractivity contribution in [1.82, 2.24) is 0 Å². The Morgan fingerprint density at radius 1 is 1.25 bits per heavy atom. The number of benzene rings is 1.